The van der Waals surface area contributed by atoms with Gasteiger partial charge in [0.1, 0.15) is 5.58 Å². The number of ether oxygens (including phenoxy) is 2. The van der Waals surface area contributed by atoms with Crippen LogP contribution in [0, 0.1) is 13.8 Å². The van der Waals surface area contributed by atoms with Crippen molar-refractivity contribution in [2.45, 2.75) is 37.5 Å². The standard InChI is InChI=1S/C27H24ClNO6S/c1-14-22(26(31)33-4)15(2)29-23(14)24(30)16(3)34-27(32)25-20(19-7-5-6-8-21(19)35-25)13-36-18-11-9-17(28)10-12-18/h5-12,16,29H,13H2,1-4H3/t16-/m0/s1. The molecule has 4 aromatic rings. The predicted molar refractivity (Wildman–Crippen MR) is 138 cm³/mol. The van der Waals surface area contributed by atoms with Crippen LogP contribution in [0.3, 0.4) is 0 Å². The van der Waals surface area contributed by atoms with Crippen LogP contribution in [-0.4, -0.2) is 35.9 Å². The van der Waals surface area contributed by atoms with Crippen molar-refractivity contribution in [2.75, 3.05) is 7.11 Å². The van der Waals surface area contributed by atoms with E-state index in [9.17, 15) is 14.4 Å². The van der Waals surface area contributed by atoms with Crippen molar-refractivity contribution in [3.63, 3.8) is 0 Å². The first-order valence-electron chi connectivity index (χ1n) is 11.1. The second-order valence-electron chi connectivity index (χ2n) is 8.18. The topological polar surface area (TPSA) is 98.6 Å². The number of benzene rings is 2. The van der Waals surface area contributed by atoms with E-state index in [1.54, 1.807) is 32.0 Å². The van der Waals surface area contributed by atoms with Crippen LogP contribution < -0.4 is 0 Å². The second kappa shape index (κ2) is 10.6. The molecule has 36 heavy (non-hydrogen) atoms. The molecule has 0 unspecified atom stereocenters. The highest BCUT2D eigenvalue weighted by Crippen LogP contribution is 2.33. The molecule has 0 spiro atoms. The normalized spacial score (nSPS) is 11.9. The maximum absolute atomic E-state index is 13.2. The fourth-order valence-corrected chi connectivity index (χ4v) is 5.02. The Morgan fingerprint density at radius 2 is 1.75 bits per heavy atom. The van der Waals surface area contributed by atoms with Gasteiger partial charge in [-0.3, -0.25) is 4.79 Å². The van der Waals surface area contributed by atoms with Crippen LogP contribution in [0.25, 0.3) is 11.0 Å². The molecule has 0 amide bonds. The van der Waals surface area contributed by atoms with E-state index >= 15 is 0 Å². The number of H-pyrrole nitrogens is 1. The van der Waals surface area contributed by atoms with Crippen molar-refractivity contribution in [1.82, 2.24) is 4.98 Å². The maximum atomic E-state index is 13.2. The van der Waals surface area contributed by atoms with Gasteiger partial charge in [0.2, 0.25) is 11.5 Å². The molecule has 7 nitrogen and oxygen atoms in total. The molecule has 0 radical (unpaired) electrons. The lowest BCUT2D eigenvalue weighted by atomic mass is 10.1. The Hall–Kier alpha value is -3.49. The Morgan fingerprint density at radius 1 is 1.06 bits per heavy atom. The highest BCUT2D eigenvalue weighted by molar-refractivity contribution is 7.98. The van der Waals surface area contributed by atoms with Crippen LogP contribution in [-0.2, 0) is 15.2 Å². The summed E-state index contributed by atoms with van der Waals surface area (Å²) in [7, 11) is 1.27. The number of aryl methyl sites for hydroxylation is 1. The van der Waals surface area contributed by atoms with Crippen molar-refractivity contribution in [3.05, 3.63) is 87.4 Å². The van der Waals surface area contributed by atoms with Crippen LogP contribution in [0.15, 0.2) is 57.8 Å². The zero-order valence-electron chi connectivity index (χ0n) is 20.1. The Bertz CT molecular complexity index is 1450. The summed E-state index contributed by atoms with van der Waals surface area (Å²) < 4.78 is 16.2. The summed E-state index contributed by atoms with van der Waals surface area (Å²) in [6.07, 6.45) is -1.12. The van der Waals surface area contributed by atoms with Gasteiger partial charge in [0.15, 0.2) is 6.10 Å². The number of thioether (sulfide) groups is 1. The number of esters is 2. The zero-order chi connectivity index (χ0) is 26.0. The number of halogens is 1. The first-order valence-corrected chi connectivity index (χ1v) is 12.5. The van der Waals surface area contributed by atoms with Crippen molar-refractivity contribution in [3.8, 4) is 0 Å². The van der Waals surface area contributed by atoms with Gasteiger partial charge in [-0.2, -0.15) is 0 Å². The largest absolute Gasteiger partial charge is 0.465 e. The van der Waals surface area contributed by atoms with E-state index in [4.69, 9.17) is 25.5 Å². The Balaban J connectivity index is 1.57. The number of nitrogens with one attached hydrogen (secondary N) is 1. The Kier molecular flexibility index (Phi) is 7.56. The number of para-hydroxylation sites is 1. The maximum Gasteiger partial charge on any atom is 0.375 e. The number of aromatic nitrogens is 1. The fourth-order valence-electron chi connectivity index (χ4n) is 3.97. The molecule has 9 heteroatoms. The predicted octanol–water partition coefficient (Wildman–Crippen LogP) is 6.54. The fraction of sp³-hybridized carbons (Fsp3) is 0.222. The minimum atomic E-state index is -1.12. The van der Waals surface area contributed by atoms with Gasteiger partial charge in [-0.05, 0) is 56.7 Å². The number of Topliss-reactive ketones (excluding diaryl/α,β-unsaturated/α-hetero) is 1. The molecule has 1 N–H and O–H groups in total. The summed E-state index contributed by atoms with van der Waals surface area (Å²) in [5.74, 6) is -1.26. The molecule has 4 rings (SSSR count). The molecular weight excluding hydrogens is 502 g/mol. The first-order chi connectivity index (χ1) is 17.2. The third-order valence-corrected chi connectivity index (χ3v) is 7.10. The molecule has 186 valence electrons. The lowest BCUT2D eigenvalue weighted by molar-refractivity contribution is 0.0288. The van der Waals surface area contributed by atoms with Crippen molar-refractivity contribution in [2.24, 2.45) is 0 Å². The first kappa shape index (κ1) is 25.6. The number of ketones is 1. The van der Waals surface area contributed by atoms with Crippen LogP contribution in [0.5, 0.6) is 0 Å². The van der Waals surface area contributed by atoms with Gasteiger partial charge < -0.3 is 18.9 Å². The average Bonchev–Trinajstić information content (AvgIpc) is 3.39. The van der Waals surface area contributed by atoms with Crippen molar-refractivity contribution >= 4 is 52.1 Å². The zero-order valence-corrected chi connectivity index (χ0v) is 21.7. The van der Waals surface area contributed by atoms with Crippen molar-refractivity contribution in [1.29, 1.82) is 0 Å². The summed E-state index contributed by atoms with van der Waals surface area (Å²) in [4.78, 5) is 42.2. The number of hydrogen-bond donors (Lipinski definition) is 1. The van der Waals surface area contributed by atoms with Crippen LogP contribution in [0.2, 0.25) is 5.02 Å². The minimum absolute atomic E-state index is 0.0481. The number of fused-ring (bicyclic) bond motifs is 1. The Morgan fingerprint density at radius 3 is 2.44 bits per heavy atom. The quantitative estimate of drug-likeness (QED) is 0.158. The van der Waals surface area contributed by atoms with E-state index in [1.807, 2.05) is 30.3 Å². The number of methoxy groups -OCH3 is 1. The van der Waals surface area contributed by atoms with Gasteiger partial charge in [-0.1, -0.05) is 29.8 Å². The molecule has 0 fully saturated rings. The lowest BCUT2D eigenvalue weighted by Crippen LogP contribution is -2.25. The van der Waals surface area contributed by atoms with Crippen LogP contribution >= 0.6 is 23.4 Å². The Labute approximate surface area is 217 Å². The van der Waals surface area contributed by atoms with E-state index in [0.717, 1.165) is 10.3 Å². The van der Waals surface area contributed by atoms with Crippen molar-refractivity contribution < 1.29 is 28.3 Å². The second-order valence-corrected chi connectivity index (χ2v) is 9.66. The van der Waals surface area contributed by atoms with Gasteiger partial charge in [0.05, 0.1) is 18.4 Å². The molecule has 0 saturated carbocycles. The molecule has 0 aliphatic rings. The summed E-state index contributed by atoms with van der Waals surface area (Å²) in [5, 5.41) is 1.44. The molecule has 0 aliphatic carbocycles. The van der Waals surface area contributed by atoms with Gasteiger partial charge >= 0.3 is 11.9 Å². The summed E-state index contributed by atoms with van der Waals surface area (Å²) in [5.41, 5.74) is 2.65. The third-order valence-electron chi connectivity index (χ3n) is 5.81. The number of carbonyl (C=O) groups excluding carboxylic acids is 3. The minimum Gasteiger partial charge on any atom is -0.465 e. The van der Waals surface area contributed by atoms with E-state index < -0.39 is 23.8 Å². The van der Waals surface area contributed by atoms with E-state index in [0.29, 0.717) is 33.2 Å². The average molecular weight is 526 g/mol. The highest BCUT2D eigenvalue weighted by atomic mass is 35.5. The number of furan rings is 1. The molecule has 2 heterocycles. The van der Waals surface area contributed by atoms with E-state index in [2.05, 4.69) is 4.98 Å². The van der Waals surface area contributed by atoms with E-state index in [1.165, 1.54) is 25.8 Å². The summed E-state index contributed by atoms with van der Waals surface area (Å²) >= 11 is 7.50. The SMILES string of the molecule is COC(=O)c1c(C)[nH]c(C(=O)[C@H](C)OC(=O)c2oc3ccccc3c2CSc2ccc(Cl)cc2)c1C. The van der Waals surface area contributed by atoms with Crippen LogP contribution in [0.1, 0.15) is 55.1 Å². The lowest BCUT2D eigenvalue weighted by Gasteiger charge is -2.12. The highest BCUT2D eigenvalue weighted by Gasteiger charge is 2.30. The number of aromatic amines is 1. The molecule has 2 aromatic heterocycles. The monoisotopic (exact) mass is 525 g/mol. The van der Waals surface area contributed by atoms with Gasteiger partial charge in [0.25, 0.3) is 0 Å². The van der Waals surface area contributed by atoms with E-state index in [-0.39, 0.29) is 17.0 Å². The summed E-state index contributed by atoms with van der Waals surface area (Å²) in [6, 6.07) is 14.7. The van der Waals surface area contributed by atoms with Gasteiger partial charge in [-0.25, -0.2) is 9.59 Å². The van der Waals surface area contributed by atoms with Crippen LogP contribution in [0.4, 0.5) is 0 Å². The molecule has 2 aromatic carbocycles. The van der Waals surface area contributed by atoms with Gasteiger partial charge in [-0.15, -0.1) is 11.8 Å². The van der Waals surface area contributed by atoms with Gasteiger partial charge in [0, 0.05) is 32.3 Å². The number of carbonyl (C=O) groups is 3. The molecule has 0 aliphatic heterocycles. The summed E-state index contributed by atoms with van der Waals surface area (Å²) in [6.45, 7) is 4.80. The number of rotatable bonds is 8. The molecule has 0 bridgehead atoms. The third kappa shape index (κ3) is 5.05. The molecule has 0 saturated heterocycles. The number of hydrogen-bond acceptors (Lipinski definition) is 7. The molecule has 1 atom stereocenters. The smallest absolute Gasteiger partial charge is 0.375 e. The molecular formula is C27H24ClNO6S.